The van der Waals surface area contributed by atoms with Crippen molar-refractivity contribution in [2.24, 2.45) is 5.41 Å². The van der Waals surface area contributed by atoms with Crippen molar-refractivity contribution in [3.63, 3.8) is 0 Å². The fraction of sp³-hybridized carbons (Fsp3) is 0.833. The lowest BCUT2D eigenvalue weighted by Crippen LogP contribution is -2.46. The molecule has 1 aliphatic heterocycles. The van der Waals surface area contributed by atoms with E-state index in [4.69, 9.17) is 4.74 Å². The minimum Gasteiger partial charge on any atom is -0.381 e. The topological polar surface area (TPSA) is 81.1 Å². The zero-order chi connectivity index (χ0) is 17.9. The maximum atomic E-state index is 12.2. The molecule has 1 saturated carbocycles. The van der Waals surface area contributed by atoms with Gasteiger partial charge >= 0.3 is 6.03 Å². The Balaban J connectivity index is 1.44. The van der Waals surface area contributed by atoms with E-state index in [9.17, 15) is 4.79 Å². The summed E-state index contributed by atoms with van der Waals surface area (Å²) in [5, 5.41) is 10.3. The van der Waals surface area contributed by atoms with E-state index in [-0.39, 0.29) is 17.6 Å². The van der Waals surface area contributed by atoms with Gasteiger partial charge in [-0.25, -0.2) is 14.5 Å². The Morgan fingerprint density at radius 1 is 1.28 bits per heavy atom. The minimum atomic E-state index is -0.147. The van der Waals surface area contributed by atoms with Gasteiger partial charge in [0.2, 0.25) is 0 Å². The normalized spacial score (nSPS) is 21.2. The molecule has 2 aliphatic rings. The first-order valence-corrected chi connectivity index (χ1v) is 9.40. The Hall–Kier alpha value is -1.63. The molecule has 2 amide bonds. The van der Waals surface area contributed by atoms with Gasteiger partial charge in [-0.2, -0.15) is 5.10 Å². The summed E-state index contributed by atoms with van der Waals surface area (Å²) in [5.41, 5.74) is 0.321. The van der Waals surface area contributed by atoms with Gasteiger partial charge < -0.3 is 15.4 Å². The highest BCUT2D eigenvalue weighted by Crippen LogP contribution is 2.44. The maximum Gasteiger partial charge on any atom is 0.315 e. The molecule has 0 atom stereocenters. The number of nitrogens with one attached hydrogen (secondary N) is 2. The van der Waals surface area contributed by atoms with Crippen molar-refractivity contribution in [2.75, 3.05) is 13.2 Å². The summed E-state index contributed by atoms with van der Waals surface area (Å²) >= 11 is 0. The number of carbonyl (C=O) groups excluding carboxylic acids is 1. The summed E-state index contributed by atoms with van der Waals surface area (Å²) in [5.74, 6) is 0.771. The Kier molecular flexibility index (Phi) is 5.32. The second-order valence-corrected chi connectivity index (χ2v) is 8.47. The SMILES string of the molecule is CC(C)(C)n1ncnc1CNC(=O)NC1CCC2(CCOCC2)CC1. The molecule has 25 heavy (non-hydrogen) atoms. The van der Waals surface area contributed by atoms with Gasteiger partial charge in [0, 0.05) is 19.3 Å². The second-order valence-electron chi connectivity index (χ2n) is 8.47. The van der Waals surface area contributed by atoms with Crippen LogP contribution in [0.1, 0.15) is 65.1 Å². The Labute approximate surface area is 149 Å². The average molecular weight is 349 g/mol. The predicted octanol–water partition coefficient (Wildman–Crippen LogP) is 2.57. The van der Waals surface area contributed by atoms with Gasteiger partial charge in [0.25, 0.3) is 0 Å². The lowest BCUT2D eigenvalue weighted by atomic mass is 9.68. The molecule has 0 radical (unpaired) electrons. The summed E-state index contributed by atoms with van der Waals surface area (Å²) in [6.45, 7) is 8.38. The van der Waals surface area contributed by atoms with Crippen LogP contribution in [0.5, 0.6) is 0 Å². The largest absolute Gasteiger partial charge is 0.381 e. The number of aromatic nitrogens is 3. The molecule has 1 aromatic rings. The number of ether oxygens (including phenoxy) is 1. The van der Waals surface area contributed by atoms with Crippen molar-refractivity contribution in [3.05, 3.63) is 12.2 Å². The maximum absolute atomic E-state index is 12.2. The molecule has 1 spiro atoms. The van der Waals surface area contributed by atoms with Gasteiger partial charge in [0.1, 0.15) is 12.2 Å². The van der Waals surface area contributed by atoms with Crippen molar-refractivity contribution in [2.45, 2.75) is 77.4 Å². The highest BCUT2D eigenvalue weighted by atomic mass is 16.5. The molecule has 1 saturated heterocycles. The van der Waals surface area contributed by atoms with Crippen LogP contribution in [0.3, 0.4) is 0 Å². The third-order valence-corrected chi connectivity index (χ3v) is 5.60. The number of urea groups is 1. The molecule has 7 nitrogen and oxygen atoms in total. The van der Waals surface area contributed by atoms with Crippen LogP contribution in [0.15, 0.2) is 6.33 Å². The lowest BCUT2D eigenvalue weighted by molar-refractivity contribution is -0.00860. The molecule has 2 fully saturated rings. The van der Waals surface area contributed by atoms with Gasteiger partial charge in [-0.15, -0.1) is 0 Å². The van der Waals surface area contributed by atoms with Gasteiger partial charge in [0.05, 0.1) is 12.1 Å². The smallest absolute Gasteiger partial charge is 0.315 e. The van der Waals surface area contributed by atoms with Crippen LogP contribution < -0.4 is 10.6 Å². The van der Waals surface area contributed by atoms with E-state index in [1.165, 1.54) is 32.0 Å². The molecular formula is C18H31N5O2. The van der Waals surface area contributed by atoms with Crippen molar-refractivity contribution in [3.8, 4) is 0 Å². The first kappa shape index (κ1) is 18.2. The fourth-order valence-corrected chi connectivity index (χ4v) is 4.02. The number of rotatable bonds is 3. The average Bonchev–Trinajstić information content (AvgIpc) is 3.05. The molecule has 0 bridgehead atoms. The van der Waals surface area contributed by atoms with E-state index < -0.39 is 0 Å². The van der Waals surface area contributed by atoms with Crippen LogP contribution in [-0.4, -0.2) is 40.1 Å². The summed E-state index contributed by atoms with van der Waals surface area (Å²) in [6.07, 6.45) is 8.40. The van der Waals surface area contributed by atoms with Crippen LogP contribution >= 0.6 is 0 Å². The fourth-order valence-electron chi connectivity index (χ4n) is 4.02. The van der Waals surface area contributed by atoms with Crippen LogP contribution in [-0.2, 0) is 16.8 Å². The van der Waals surface area contributed by atoms with E-state index in [0.29, 0.717) is 12.0 Å². The van der Waals surface area contributed by atoms with Crippen LogP contribution in [0.25, 0.3) is 0 Å². The van der Waals surface area contributed by atoms with E-state index >= 15 is 0 Å². The van der Waals surface area contributed by atoms with E-state index in [1.54, 1.807) is 0 Å². The number of nitrogens with zero attached hydrogens (tertiary/aromatic N) is 3. The summed E-state index contributed by atoms with van der Waals surface area (Å²) in [6, 6.07) is 0.158. The number of carbonyl (C=O) groups is 1. The molecule has 3 rings (SSSR count). The Bertz CT molecular complexity index is 577. The van der Waals surface area contributed by atoms with Crippen molar-refractivity contribution in [1.82, 2.24) is 25.4 Å². The summed E-state index contributed by atoms with van der Waals surface area (Å²) in [7, 11) is 0. The third kappa shape index (κ3) is 4.51. The van der Waals surface area contributed by atoms with E-state index in [1.807, 2.05) is 4.68 Å². The molecule has 1 aromatic heterocycles. The Morgan fingerprint density at radius 2 is 1.96 bits per heavy atom. The zero-order valence-electron chi connectivity index (χ0n) is 15.7. The monoisotopic (exact) mass is 349 g/mol. The van der Waals surface area contributed by atoms with E-state index in [2.05, 4.69) is 41.5 Å². The Morgan fingerprint density at radius 3 is 2.60 bits per heavy atom. The molecule has 7 heteroatoms. The minimum absolute atomic E-state index is 0.114. The van der Waals surface area contributed by atoms with Crippen molar-refractivity contribution in [1.29, 1.82) is 0 Å². The van der Waals surface area contributed by atoms with Crippen LogP contribution in [0, 0.1) is 5.41 Å². The van der Waals surface area contributed by atoms with Gasteiger partial charge in [0.15, 0.2) is 0 Å². The molecule has 0 unspecified atom stereocenters. The standard InChI is InChI=1S/C18H31N5O2/c1-17(2,3)23-15(20-13-21-23)12-19-16(24)22-14-4-6-18(7-5-14)8-10-25-11-9-18/h13-14H,4-12H2,1-3H3,(H2,19,22,24). The second kappa shape index (κ2) is 7.32. The van der Waals surface area contributed by atoms with Crippen molar-refractivity contribution >= 4 is 6.03 Å². The summed E-state index contributed by atoms with van der Waals surface area (Å²) in [4.78, 5) is 16.5. The zero-order valence-corrected chi connectivity index (χ0v) is 15.7. The van der Waals surface area contributed by atoms with Gasteiger partial charge in [-0.1, -0.05) is 0 Å². The molecule has 1 aliphatic carbocycles. The highest BCUT2D eigenvalue weighted by molar-refractivity contribution is 5.74. The van der Waals surface area contributed by atoms with Gasteiger partial charge in [-0.3, -0.25) is 0 Å². The first-order valence-electron chi connectivity index (χ1n) is 9.40. The first-order chi connectivity index (χ1) is 11.9. The third-order valence-electron chi connectivity index (χ3n) is 5.60. The van der Waals surface area contributed by atoms with E-state index in [0.717, 1.165) is 31.9 Å². The van der Waals surface area contributed by atoms with Crippen LogP contribution in [0.2, 0.25) is 0 Å². The number of hydrogen-bond donors (Lipinski definition) is 2. The van der Waals surface area contributed by atoms with Gasteiger partial charge in [-0.05, 0) is 64.7 Å². The predicted molar refractivity (Wildman–Crippen MR) is 95.1 cm³/mol. The number of hydrogen-bond acceptors (Lipinski definition) is 4. The molecule has 140 valence electrons. The van der Waals surface area contributed by atoms with Crippen LogP contribution in [0.4, 0.5) is 4.79 Å². The number of amides is 2. The summed E-state index contributed by atoms with van der Waals surface area (Å²) < 4.78 is 7.35. The molecule has 2 N–H and O–H groups in total. The lowest BCUT2D eigenvalue weighted by Gasteiger charge is -2.42. The highest BCUT2D eigenvalue weighted by Gasteiger charge is 2.36. The quantitative estimate of drug-likeness (QED) is 0.879. The molecule has 0 aromatic carbocycles. The molecular weight excluding hydrogens is 318 g/mol. The van der Waals surface area contributed by atoms with Crippen molar-refractivity contribution < 1.29 is 9.53 Å². The molecule has 2 heterocycles.